The highest BCUT2D eigenvalue weighted by molar-refractivity contribution is 9.10. The van der Waals surface area contributed by atoms with Crippen LogP contribution in [0.15, 0.2) is 16.6 Å². The van der Waals surface area contributed by atoms with Gasteiger partial charge in [-0.05, 0) is 19.1 Å². The number of nitrogens with zero attached hydrogens (tertiary/aromatic N) is 1. The highest BCUT2D eigenvalue weighted by atomic mass is 79.9. The van der Waals surface area contributed by atoms with E-state index in [0.717, 1.165) is 15.9 Å². The van der Waals surface area contributed by atoms with Gasteiger partial charge in [0, 0.05) is 16.7 Å². The fourth-order valence-electron chi connectivity index (χ4n) is 0.796. The quantitative estimate of drug-likeness (QED) is 0.834. The summed E-state index contributed by atoms with van der Waals surface area (Å²) in [7, 11) is 0. The van der Waals surface area contributed by atoms with E-state index in [2.05, 4.69) is 20.9 Å². The molecule has 0 radical (unpaired) electrons. The van der Waals surface area contributed by atoms with E-state index in [1.54, 1.807) is 0 Å². The van der Waals surface area contributed by atoms with Gasteiger partial charge in [-0.15, -0.1) is 34.0 Å². The van der Waals surface area contributed by atoms with Crippen molar-refractivity contribution < 1.29 is 0 Å². The highest BCUT2D eigenvalue weighted by Crippen LogP contribution is 2.11. The summed E-state index contributed by atoms with van der Waals surface area (Å²) in [5.41, 5.74) is 7.32. The second-order valence-electron chi connectivity index (χ2n) is 2.12. The van der Waals surface area contributed by atoms with Crippen LogP contribution in [0.4, 0.5) is 0 Å². The summed E-state index contributed by atoms with van der Waals surface area (Å²) >= 11 is 3.36. The van der Waals surface area contributed by atoms with Gasteiger partial charge in [0.2, 0.25) is 0 Å². The summed E-state index contributed by atoms with van der Waals surface area (Å²) in [5, 5.41) is 0. The summed E-state index contributed by atoms with van der Waals surface area (Å²) in [6.45, 7) is 2.45. The Hall–Kier alpha value is 0.550. The molecule has 1 aromatic rings. The minimum atomic E-state index is 0. The van der Waals surface area contributed by atoms with Crippen LogP contribution < -0.4 is 5.73 Å². The highest BCUT2D eigenvalue weighted by Gasteiger charge is 1.94. The van der Waals surface area contributed by atoms with E-state index in [1.807, 2.05) is 19.1 Å². The minimum absolute atomic E-state index is 0. The maximum absolute atomic E-state index is 5.40. The number of hydrogen-bond donors (Lipinski definition) is 1. The second kappa shape index (κ2) is 7.00. The number of rotatable bonds is 1. The Labute approximate surface area is 102 Å². The molecule has 1 aromatic heterocycles. The average Bonchev–Trinajstić information content (AvgIpc) is 1.85. The van der Waals surface area contributed by atoms with Gasteiger partial charge in [-0.3, -0.25) is 4.98 Å². The molecule has 12 heavy (non-hydrogen) atoms. The first-order valence-electron chi connectivity index (χ1n) is 3.05. The van der Waals surface area contributed by atoms with Crippen molar-refractivity contribution in [2.24, 2.45) is 5.73 Å². The monoisotopic (exact) mass is 360 g/mol. The van der Waals surface area contributed by atoms with E-state index in [0.29, 0.717) is 6.54 Å². The van der Waals surface area contributed by atoms with Crippen LogP contribution in [-0.4, -0.2) is 4.98 Å². The first-order chi connectivity index (χ1) is 4.72. The van der Waals surface area contributed by atoms with Gasteiger partial charge >= 0.3 is 0 Å². The molecule has 0 saturated carbocycles. The Morgan fingerprint density at radius 2 is 2.00 bits per heavy atom. The van der Waals surface area contributed by atoms with E-state index >= 15 is 0 Å². The molecule has 0 atom stereocenters. The molecule has 1 rings (SSSR count). The largest absolute Gasteiger partial charge is 0.325 e. The van der Waals surface area contributed by atoms with Gasteiger partial charge in [0.1, 0.15) is 0 Å². The Bertz CT molecular complexity index is 220. The Morgan fingerprint density at radius 1 is 1.42 bits per heavy atom. The smallest absolute Gasteiger partial charge is 0.0553 e. The van der Waals surface area contributed by atoms with Gasteiger partial charge in [0.25, 0.3) is 0 Å². The van der Waals surface area contributed by atoms with Crippen molar-refractivity contribution in [3.63, 3.8) is 0 Å². The molecule has 0 aliphatic heterocycles. The molecule has 2 nitrogen and oxygen atoms in total. The molecule has 0 unspecified atom stereocenters. The van der Waals surface area contributed by atoms with Crippen LogP contribution in [0.25, 0.3) is 0 Å². The fraction of sp³-hybridized carbons (Fsp3) is 0.286. The van der Waals surface area contributed by atoms with Gasteiger partial charge in [0.15, 0.2) is 0 Å². The lowest BCUT2D eigenvalue weighted by Gasteiger charge is -1.98. The van der Waals surface area contributed by atoms with Gasteiger partial charge in [-0.25, -0.2) is 0 Å². The molecule has 0 fully saturated rings. The zero-order chi connectivity index (χ0) is 7.56. The fourth-order valence-corrected chi connectivity index (χ4v) is 1.39. The molecule has 0 aliphatic rings. The van der Waals surface area contributed by atoms with Crippen molar-refractivity contribution in [1.82, 2.24) is 4.98 Å². The van der Waals surface area contributed by atoms with Crippen LogP contribution in [0.5, 0.6) is 0 Å². The topological polar surface area (TPSA) is 38.9 Å². The third kappa shape index (κ3) is 4.54. The predicted molar refractivity (Wildman–Crippen MR) is 65.2 cm³/mol. The Balaban J connectivity index is 0. The van der Waals surface area contributed by atoms with Gasteiger partial charge in [-0.1, -0.05) is 15.9 Å². The third-order valence-corrected chi connectivity index (χ3v) is 1.64. The summed E-state index contributed by atoms with van der Waals surface area (Å²) in [5.74, 6) is 0. The Morgan fingerprint density at radius 3 is 2.42 bits per heavy atom. The number of aryl methyl sites for hydroxylation is 1. The van der Waals surface area contributed by atoms with Crippen LogP contribution in [0.1, 0.15) is 11.4 Å². The molecule has 1 heterocycles. The predicted octanol–water partition coefficient (Wildman–Crippen LogP) is 2.77. The van der Waals surface area contributed by atoms with E-state index in [-0.39, 0.29) is 34.0 Å². The molecular formula is C7H11Br3N2. The summed E-state index contributed by atoms with van der Waals surface area (Å²) in [4.78, 5) is 4.20. The molecule has 2 N–H and O–H groups in total. The lowest BCUT2D eigenvalue weighted by atomic mass is 10.3. The van der Waals surface area contributed by atoms with Crippen molar-refractivity contribution >= 4 is 49.9 Å². The van der Waals surface area contributed by atoms with Crippen molar-refractivity contribution in [1.29, 1.82) is 0 Å². The van der Waals surface area contributed by atoms with Crippen molar-refractivity contribution in [2.45, 2.75) is 13.5 Å². The van der Waals surface area contributed by atoms with Gasteiger partial charge in [0.05, 0.1) is 5.69 Å². The van der Waals surface area contributed by atoms with Crippen molar-refractivity contribution in [2.75, 3.05) is 0 Å². The Kier molecular flexibility index (Phi) is 8.78. The van der Waals surface area contributed by atoms with Crippen LogP contribution in [0.3, 0.4) is 0 Å². The maximum atomic E-state index is 5.40. The number of aromatic nitrogens is 1. The summed E-state index contributed by atoms with van der Waals surface area (Å²) < 4.78 is 1.04. The first kappa shape index (κ1) is 15.0. The molecular weight excluding hydrogens is 352 g/mol. The third-order valence-electron chi connectivity index (χ3n) is 1.18. The van der Waals surface area contributed by atoms with Crippen LogP contribution >= 0.6 is 49.9 Å². The van der Waals surface area contributed by atoms with Crippen LogP contribution in [0, 0.1) is 6.92 Å². The molecule has 0 saturated heterocycles. The molecule has 70 valence electrons. The number of hydrogen-bond acceptors (Lipinski definition) is 2. The maximum Gasteiger partial charge on any atom is 0.0553 e. The molecule has 0 amide bonds. The SMILES string of the molecule is Br.Br.Cc1cc(Br)cc(CN)n1. The summed E-state index contributed by atoms with van der Waals surface area (Å²) in [6, 6.07) is 3.88. The van der Waals surface area contributed by atoms with E-state index in [1.165, 1.54) is 0 Å². The van der Waals surface area contributed by atoms with Crippen LogP contribution in [-0.2, 0) is 6.54 Å². The molecule has 0 bridgehead atoms. The zero-order valence-corrected chi connectivity index (χ0v) is 11.6. The zero-order valence-electron chi connectivity index (χ0n) is 6.58. The molecule has 0 aliphatic carbocycles. The second-order valence-corrected chi connectivity index (χ2v) is 3.04. The minimum Gasteiger partial charge on any atom is -0.325 e. The molecule has 0 aromatic carbocycles. The van der Waals surface area contributed by atoms with E-state index in [4.69, 9.17) is 5.73 Å². The van der Waals surface area contributed by atoms with Crippen LogP contribution in [0.2, 0.25) is 0 Å². The van der Waals surface area contributed by atoms with Crippen molar-refractivity contribution in [3.8, 4) is 0 Å². The number of pyridine rings is 1. The van der Waals surface area contributed by atoms with Gasteiger partial charge in [-0.2, -0.15) is 0 Å². The molecule has 5 heteroatoms. The number of halogens is 3. The lowest BCUT2D eigenvalue weighted by Crippen LogP contribution is -2.00. The van der Waals surface area contributed by atoms with E-state index < -0.39 is 0 Å². The summed E-state index contributed by atoms with van der Waals surface area (Å²) in [6.07, 6.45) is 0. The average molecular weight is 363 g/mol. The van der Waals surface area contributed by atoms with Gasteiger partial charge < -0.3 is 5.73 Å². The van der Waals surface area contributed by atoms with E-state index in [9.17, 15) is 0 Å². The van der Waals surface area contributed by atoms with Crippen molar-refractivity contribution in [3.05, 3.63) is 28.0 Å². The first-order valence-corrected chi connectivity index (χ1v) is 3.85. The molecule has 0 spiro atoms. The lowest BCUT2D eigenvalue weighted by molar-refractivity contribution is 0.966. The standard InChI is InChI=1S/C7H9BrN2.2BrH/c1-5-2-6(8)3-7(4-9)10-5;;/h2-3H,4,9H2,1H3;2*1H. The normalized spacial score (nSPS) is 8.25. The number of nitrogens with two attached hydrogens (primary N) is 1.